The molecule has 3 aromatic rings. The third kappa shape index (κ3) is 3.82. The quantitative estimate of drug-likeness (QED) is 0.720. The fourth-order valence-electron chi connectivity index (χ4n) is 3.14. The molecule has 0 radical (unpaired) electrons. The van der Waals surface area contributed by atoms with Gasteiger partial charge in [-0.2, -0.15) is 0 Å². The van der Waals surface area contributed by atoms with Crippen molar-refractivity contribution in [3.63, 3.8) is 0 Å². The van der Waals surface area contributed by atoms with Gasteiger partial charge in [-0.15, -0.1) is 0 Å². The van der Waals surface area contributed by atoms with E-state index in [0.717, 1.165) is 34.3 Å². The highest BCUT2D eigenvalue weighted by molar-refractivity contribution is 6.04. The van der Waals surface area contributed by atoms with Gasteiger partial charge in [0.1, 0.15) is 6.04 Å². The normalized spacial score (nSPS) is 14.3. The Bertz CT molecular complexity index is 965. The highest BCUT2D eigenvalue weighted by atomic mass is 16.5. The van der Waals surface area contributed by atoms with Crippen LogP contribution in [0.5, 0.6) is 11.5 Å². The molecule has 3 aromatic carbocycles. The molecule has 1 amide bonds. The monoisotopic (exact) mass is 362 g/mol. The summed E-state index contributed by atoms with van der Waals surface area (Å²) in [5.74, 6) is 1.35. The molecule has 1 heterocycles. The molecule has 1 unspecified atom stereocenters. The van der Waals surface area contributed by atoms with Gasteiger partial charge in [0.15, 0.2) is 11.5 Å². The van der Waals surface area contributed by atoms with Crippen LogP contribution < -0.4 is 20.1 Å². The van der Waals surface area contributed by atoms with Crippen molar-refractivity contribution in [1.82, 2.24) is 0 Å². The summed E-state index contributed by atoms with van der Waals surface area (Å²) in [4.78, 5) is 12.7. The van der Waals surface area contributed by atoms with Crippen LogP contribution in [-0.2, 0) is 4.79 Å². The molecule has 138 valence electrons. The summed E-state index contributed by atoms with van der Waals surface area (Å²) >= 11 is 0. The van der Waals surface area contributed by atoms with E-state index in [-0.39, 0.29) is 5.91 Å². The van der Waals surface area contributed by atoms with Crippen LogP contribution in [0, 0.1) is 0 Å². The second-order valence-corrected chi connectivity index (χ2v) is 6.59. The van der Waals surface area contributed by atoms with Gasteiger partial charge < -0.3 is 20.1 Å². The summed E-state index contributed by atoms with van der Waals surface area (Å²) in [6, 6.07) is 19.1. The smallest absolute Gasteiger partial charge is 0.246 e. The number of hydrogen-bond acceptors (Lipinski definition) is 4. The number of carbonyl (C=O) groups is 1. The zero-order valence-electron chi connectivity index (χ0n) is 15.2. The number of fused-ring (bicyclic) bond motifs is 2. The van der Waals surface area contributed by atoms with E-state index in [0.29, 0.717) is 19.0 Å². The molecule has 1 aliphatic heterocycles. The lowest BCUT2D eigenvalue weighted by Gasteiger charge is -2.17. The Morgan fingerprint density at radius 3 is 2.63 bits per heavy atom. The summed E-state index contributed by atoms with van der Waals surface area (Å²) in [5, 5.41) is 8.37. The van der Waals surface area contributed by atoms with Gasteiger partial charge >= 0.3 is 0 Å². The predicted octanol–water partition coefficient (Wildman–Crippen LogP) is 4.44. The first-order valence-electron chi connectivity index (χ1n) is 9.15. The number of carbonyl (C=O) groups excluding carboxylic acids is 1. The Labute approximate surface area is 158 Å². The Hall–Kier alpha value is -3.21. The Balaban J connectivity index is 1.47. The second kappa shape index (κ2) is 7.58. The molecule has 0 saturated heterocycles. The van der Waals surface area contributed by atoms with Gasteiger partial charge in [-0.1, -0.05) is 36.4 Å². The second-order valence-electron chi connectivity index (χ2n) is 6.59. The van der Waals surface area contributed by atoms with Crippen molar-refractivity contribution in [3.05, 3.63) is 60.7 Å². The van der Waals surface area contributed by atoms with Gasteiger partial charge in [0.2, 0.25) is 5.91 Å². The summed E-state index contributed by atoms with van der Waals surface area (Å²) in [6.45, 7) is 3.13. The topological polar surface area (TPSA) is 59.6 Å². The standard InChI is InChI=1S/C22H22N2O3/c1-15(23-17-10-11-20-21(14-17)27-13-5-12-26-20)22(25)24-19-9-4-7-16-6-2-3-8-18(16)19/h2-4,6-11,14-15,23H,5,12-13H2,1H3,(H,24,25). The molecule has 0 aromatic heterocycles. The number of amides is 1. The van der Waals surface area contributed by atoms with E-state index >= 15 is 0 Å². The largest absolute Gasteiger partial charge is 0.490 e. The number of ether oxygens (including phenoxy) is 2. The highest BCUT2D eigenvalue weighted by Gasteiger charge is 2.16. The van der Waals surface area contributed by atoms with Crippen LogP contribution in [0.2, 0.25) is 0 Å². The predicted molar refractivity (Wildman–Crippen MR) is 108 cm³/mol. The molecule has 2 N–H and O–H groups in total. The molecule has 4 rings (SSSR count). The van der Waals surface area contributed by atoms with Gasteiger partial charge in [0.05, 0.1) is 13.2 Å². The summed E-state index contributed by atoms with van der Waals surface area (Å²) in [6.07, 6.45) is 0.862. The molecule has 0 fully saturated rings. The van der Waals surface area contributed by atoms with Crippen molar-refractivity contribution in [2.45, 2.75) is 19.4 Å². The van der Waals surface area contributed by atoms with E-state index in [4.69, 9.17) is 9.47 Å². The molecular weight excluding hydrogens is 340 g/mol. The van der Waals surface area contributed by atoms with Gasteiger partial charge in [-0.25, -0.2) is 0 Å². The van der Waals surface area contributed by atoms with Crippen LogP contribution in [-0.4, -0.2) is 25.2 Å². The van der Waals surface area contributed by atoms with E-state index in [1.807, 2.05) is 67.6 Å². The van der Waals surface area contributed by atoms with Crippen molar-refractivity contribution in [2.24, 2.45) is 0 Å². The van der Waals surface area contributed by atoms with Crippen LogP contribution in [0.25, 0.3) is 10.8 Å². The minimum atomic E-state index is -0.409. The zero-order valence-corrected chi connectivity index (χ0v) is 15.2. The highest BCUT2D eigenvalue weighted by Crippen LogP contribution is 2.32. The van der Waals surface area contributed by atoms with Gasteiger partial charge in [-0.05, 0) is 30.5 Å². The molecule has 0 aliphatic carbocycles. The molecule has 0 spiro atoms. The van der Waals surface area contributed by atoms with Crippen molar-refractivity contribution in [2.75, 3.05) is 23.8 Å². The average Bonchev–Trinajstić information content (AvgIpc) is 2.93. The maximum absolute atomic E-state index is 12.7. The third-order valence-electron chi connectivity index (χ3n) is 4.57. The van der Waals surface area contributed by atoms with Crippen molar-refractivity contribution in [1.29, 1.82) is 0 Å². The molecule has 1 aliphatic rings. The molecular formula is C22H22N2O3. The lowest BCUT2D eigenvalue weighted by atomic mass is 10.1. The van der Waals surface area contributed by atoms with Crippen LogP contribution in [0.15, 0.2) is 60.7 Å². The van der Waals surface area contributed by atoms with E-state index in [1.165, 1.54) is 0 Å². The first-order chi connectivity index (χ1) is 13.2. The molecule has 0 bridgehead atoms. The van der Waals surface area contributed by atoms with E-state index < -0.39 is 6.04 Å². The first-order valence-corrected chi connectivity index (χ1v) is 9.15. The maximum Gasteiger partial charge on any atom is 0.246 e. The molecule has 5 heteroatoms. The first kappa shape index (κ1) is 17.2. The number of nitrogens with one attached hydrogen (secondary N) is 2. The van der Waals surface area contributed by atoms with E-state index in [9.17, 15) is 4.79 Å². The van der Waals surface area contributed by atoms with Gasteiger partial charge in [0, 0.05) is 29.2 Å². The van der Waals surface area contributed by atoms with Crippen LogP contribution in [0.3, 0.4) is 0 Å². The fraction of sp³-hybridized carbons (Fsp3) is 0.227. The number of hydrogen-bond donors (Lipinski definition) is 2. The maximum atomic E-state index is 12.7. The Kier molecular flexibility index (Phi) is 4.83. The van der Waals surface area contributed by atoms with Crippen LogP contribution >= 0.6 is 0 Å². The lowest BCUT2D eigenvalue weighted by molar-refractivity contribution is -0.116. The van der Waals surface area contributed by atoms with Gasteiger partial charge in [-0.3, -0.25) is 4.79 Å². The van der Waals surface area contributed by atoms with E-state index in [1.54, 1.807) is 0 Å². The lowest BCUT2D eigenvalue weighted by Crippen LogP contribution is -2.31. The molecule has 27 heavy (non-hydrogen) atoms. The molecule has 0 saturated carbocycles. The van der Waals surface area contributed by atoms with Crippen molar-refractivity contribution < 1.29 is 14.3 Å². The van der Waals surface area contributed by atoms with Crippen molar-refractivity contribution in [3.8, 4) is 11.5 Å². The number of rotatable bonds is 4. The fourth-order valence-corrected chi connectivity index (χ4v) is 3.14. The van der Waals surface area contributed by atoms with Crippen molar-refractivity contribution >= 4 is 28.1 Å². The minimum absolute atomic E-state index is 0.0986. The van der Waals surface area contributed by atoms with Crippen LogP contribution in [0.1, 0.15) is 13.3 Å². The summed E-state index contributed by atoms with van der Waals surface area (Å²) in [5.41, 5.74) is 1.63. The number of anilines is 2. The SMILES string of the molecule is CC(Nc1ccc2c(c1)OCCCO2)C(=O)Nc1cccc2ccccc12. The summed E-state index contributed by atoms with van der Waals surface area (Å²) < 4.78 is 11.4. The molecule has 1 atom stereocenters. The Morgan fingerprint density at radius 1 is 0.963 bits per heavy atom. The number of benzene rings is 3. The van der Waals surface area contributed by atoms with Gasteiger partial charge in [0.25, 0.3) is 0 Å². The Morgan fingerprint density at radius 2 is 1.74 bits per heavy atom. The van der Waals surface area contributed by atoms with Crippen LogP contribution in [0.4, 0.5) is 11.4 Å². The summed E-state index contributed by atoms with van der Waals surface area (Å²) in [7, 11) is 0. The minimum Gasteiger partial charge on any atom is -0.490 e. The van der Waals surface area contributed by atoms with E-state index in [2.05, 4.69) is 10.6 Å². The third-order valence-corrected chi connectivity index (χ3v) is 4.57. The average molecular weight is 362 g/mol. The molecule has 5 nitrogen and oxygen atoms in total. The zero-order chi connectivity index (χ0) is 18.6.